The molecule has 1 aromatic heterocycles. The van der Waals surface area contributed by atoms with Gasteiger partial charge in [-0.25, -0.2) is 4.98 Å². The molecule has 0 aliphatic carbocycles. The molecule has 0 saturated carbocycles. The molecule has 0 unspecified atom stereocenters. The van der Waals surface area contributed by atoms with Crippen LogP contribution >= 0.6 is 0 Å². The highest BCUT2D eigenvalue weighted by molar-refractivity contribution is 5.92. The van der Waals surface area contributed by atoms with Crippen LogP contribution in [0.25, 0.3) is 0 Å². The minimum Gasteiger partial charge on any atom is -0.439 e. The van der Waals surface area contributed by atoms with Gasteiger partial charge >= 0.3 is 0 Å². The van der Waals surface area contributed by atoms with Crippen molar-refractivity contribution in [2.75, 3.05) is 32.1 Å². The van der Waals surface area contributed by atoms with Crippen LogP contribution in [-0.2, 0) is 16.0 Å². The van der Waals surface area contributed by atoms with Crippen molar-refractivity contribution in [2.45, 2.75) is 13.3 Å². The Bertz CT molecular complexity index is 644. The van der Waals surface area contributed by atoms with Crippen LogP contribution in [0.1, 0.15) is 12.5 Å². The SMILES string of the molecule is CCc1cccc(Oc2ccc(NC(=O)CNCCOC)cn2)c1. The molecule has 2 rings (SSSR count). The van der Waals surface area contributed by atoms with E-state index in [2.05, 4.69) is 28.6 Å². The Hall–Kier alpha value is -2.44. The first-order valence-electron chi connectivity index (χ1n) is 7.93. The lowest BCUT2D eigenvalue weighted by molar-refractivity contribution is -0.115. The van der Waals surface area contributed by atoms with E-state index in [-0.39, 0.29) is 12.5 Å². The second kappa shape index (κ2) is 9.64. The number of nitrogens with one attached hydrogen (secondary N) is 2. The molecular formula is C18H23N3O3. The van der Waals surface area contributed by atoms with Crippen molar-refractivity contribution < 1.29 is 14.3 Å². The molecule has 0 atom stereocenters. The Morgan fingerprint density at radius 2 is 2.12 bits per heavy atom. The fourth-order valence-corrected chi connectivity index (χ4v) is 2.05. The first-order chi connectivity index (χ1) is 11.7. The van der Waals surface area contributed by atoms with Gasteiger partial charge in [-0.1, -0.05) is 19.1 Å². The van der Waals surface area contributed by atoms with Gasteiger partial charge in [0, 0.05) is 19.7 Å². The molecule has 1 amide bonds. The van der Waals surface area contributed by atoms with Gasteiger partial charge in [0.2, 0.25) is 11.8 Å². The van der Waals surface area contributed by atoms with Gasteiger partial charge in [0.25, 0.3) is 0 Å². The normalized spacial score (nSPS) is 10.4. The summed E-state index contributed by atoms with van der Waals surface area (Å²) in [4.78, 5) is 16.0. The number of hydrogen-bond acceptors (Lipinski definition) is 5. The Kier molecular flexibility index (Phi) is 7.20. The van der Waals surface area contributed by atoms with Gasteiger partial charge < -0.3 is 20.1 Å². The average Bonchev–Trinajstić information content (AvgIpc) is 2.61. The van der Waals surface area contributed by atoms with Crippen molar-refractivity contribution in [3.63, 3.8) is 0 Å². The van der Waals surface area contributed by atoms with Crippen LogP contribution in [0, 0.1) is 0 Å². The summed E-state index contributed by atoms with van der Waals surface area (Å²) in [6, 6.07) is 11.4. The van der Waals surface area contributed by atoms with Crippen molar-refractivity contribution in [1.29, 1.82) is 0 Å². The molecule has 0 fully saturated rings. The Balaban J connectivity index is 1.85. The fraction of sp³-hybridized carbons (Fsp3) is 0.333. The number of aryl methyl sites for hydroxylation is 1. The molecule has 1 heterocycles. The van der Waals surface area contributed by atoms with Crippen molar-refractivity contribution in [3.05, 3.63) is 48.2 Å². The lowest BCUT2D eigenvalue weighted by Crippen LogP contribution is -2.30. The summed E-state index contributed by atoms with van der Waals surface area (Å²) in [5.41, 5.74) is 1.83. The molecule has 128 valence electrons. The summed E-state index contributed by atoms with van der Waals surface area (Å²) in [6.45, 7) is 3.52. The fourth-order valence-electron chi connectivity index (χ4n) is 2.05. The Morgan fingerprint density at radius 1 is 1.25 bits per heavy atom. The third kappa shape index (κ3) is 5.98. The van der Waals surface area contributed by atoms with Crippen molar-refractivity contribution in [3.8, 4) is 11.6 Å². The summed E-state index contributed by atoms with van der Waals surface area (Å²) in [7, 11) is 1.62. The Labute approximate surface area is 142 Å². The summed E-state index contributed by atoms with van der Waals surface area (Å²) >= 11 is 0. The molecule has 0 aliphatic heterocycles. The van der Waals surface area contributed by atoms with Crippen LogP contribution in [0.5, 0.6) is 11.6 Å². The van der Waals surface area contributed by atoms with E-state index in [1.165, 1.54) is 5.56 Å². The molecule has 0 aliphatic rings. The van der Waals surface area contributed by atoms with E-state index >= 15 is 0 Å². The highest BCUT2D eigenvalue weighted by atomic mass is 16.5. The predicted molar refractivity (Wildman–Crippen MR) is 93.5 cm³/mol. The predicted octanol–water partition coefficient (Wildman–Crippen LogP) is 2.61. The number of methoxy groups -OCH3 is 1. The molecule has 0 bridgehead atoms. The number of amides is 1. The highest BCUT2D eigenvalue weighted by Gasteiger charge is 2.04. The van der Waals surface area contributed by atoms with Gasteiger partial charge in [0.15, 0.2) is 0 Å². The third-order valence-corrected chi connectivity index (χ3v) is 3.32. The van der Waals surface area contributed by atoms with E-state index in [9.17, 15) is 4.79 Å². The van der Waals surface area contributed by atoms with E-state index in [4.69, 9.17) is 9.47 Å². The number of hydrogen-bond donors (Lipinski definition) is 2. The molecule has 0 radical (unpaired) electrons. The summed E-state index contributed by atoms with van der Waals surface area (Å²) in [5.74, 6) is 1.11. The number of carbonyl (C=O) groups is 1. The van der Waals surface area contributed by atoms with Crippen LogP contribution in [0.15, 0.2) is 42.6 Å². The molecule has 2 N–H and O–H groups in total. The second-order valence-corrected chi connectivity index (χ2v) is 5.21. The standard InChI is InChI=1S/C18H23N3O3/c1-3-14-5-4-6-16(11-14)24-18-8-7-15(12-20-18)21-17(22)13-19-9-10-23-2/h4-8,11-12,19H,3,9-10,13H2,1-2H3,(H,21,22). The lowest BCUT2D eigenvalue weighted by atomic mass is 10.2. The van der Waals surface area contributed by atoms with Crippen molar-refractivity contribution in [1.82, 2.24) is 10.3 Å². The minimum absolute atomic E-state index is 0.128. The van der Waals surface area contributed by atoms with Crippen LogP contribution in [-0.4, -0.2) is 37.7 Å². The minimum atomic E-state index is -0.128. The van der Waals surface area contributed by atoms with E-state index in [1.54, 1.807) is 25.4 Å². The summed E-state index contributed by atoms with van der Waals surface area (Å²) in [6.07, 6.45) is 2.53. The number of carbonyl (C=O) groups excluding carboxylic acids is 1. The first kappa shape index (κ1) is 17.9. The van der Waals surface area contributed by atoms with Crippen LogP contribution in [0.2, 0.25) is 0 Å². The molecule has 2 aromatic rings. The maximum Gasteiger partial charge on any atom is 0.238 e. The maximum absolute atomic E-state index is 11.7. The molecule has 1 aromatic carbocycles. The molecule has 0 spiro atoms. The number of anilines is 1. The second-order valence-electron chi connectivity index (χ2n) is 5.21. The number of nitrogens with zero attached hydrogens (tertiary/aromatic N) is 1. The van der Waals surface area contributed by atoms with Crippen LogP contribution in [0.3, 0.4) is 0 Å². The van der Waals surface area contributed by atoms with Crippen LogP contribution < -0.4 is 15.4 Å². The number of aromatic nitrogens is 1. The van der Waals surface area contributed by atoms with Crippen LogP contribution in [0.4, 0.5) is 5.69 Å². The maximum atomic E-state index is 11.7. The number of benzene rings is 1. The molecule has 0 saturated heterocycles. The largest absolute Gasteiger partial charge is 0.439 e. The quantitative estimate of drug-likeness (QED) is 0.692. The highest BCUT2D eigenvalue weighted by Crippen LogP contribution is 2.21. The average molecular weight is 329 g/mol. The van der Waals surface area contributed by atoms with E-state index < -0.39 is 0 Å². The lowest BCUT2D eigenvalue weighted by Gasteiger charge is -2.08. The zero-order valence-corrected chi connectivity index (χ0v) is 14.0. The first-order valence-corrected chi connectivity index (χ1v) is 7.93. The van der Waals surface area contributed by atoms with Gasteiger partial charge in [-0.15, -0.1) is 0 Å². The van der Waals surface area contributed by atoms with E-state index in [1.807, 2.05) is 18.2 Å². The molecular weight excluding hydrogens is 306 g/mol. The number of ether oxygens (including phenoxy) is 2. The van der Waals surface area contributed by atoms with Gasteiger partial charge in [0.1, 0.15) is 5.75 Å². The Morgan fingerprint density at radius 3 is 2.83 bits per heavy atom. The van der Waals surface area contributed by atoms with Crippen molar-refractivity contribution in [2.24, 2.45) is 0 Å². The van der Waals surface area contributed by atoms with E-state index in [0.717, 1.165) is 12.2 Å². The number of rotatable bonds is 9. The van der Waals surface area contributed by atoms with Gasteiger partial charge in [0.05, 0.1) is 25.0 Å². The van der Waals surface area contributed by atoms with Crippen molar-refractivity contribution >= 4 is 11.6 Å². The zero-order valence-electron chi connectivity index (χ0n) is 14.0. The molecule has 24 heavy (non-hydrogen) atoms. The van der Waals surface area contributed by atoms with Gasteiger partial charge in [-0.05, 0) is 30.2 Å². The zero-order chi connectivity index (χ0) is 17.2. The topological polar surface area (TPSA) is 72.5 Å². The monoisotopic (exact) mass is 329 g/mol. The molecule has 6 nitrogen and oxygen atoms in total. The smallest absolute Gasteiger partial charge is 0.238 e. The van der Waals surface area contributed by atoms with E-state index in [0.29, 0.717) is 24.7 Å². The van der Waals surface area contributed by atoms with Gasteiger partial charge in [-0.2, -0.15) is 0 Å². The molecule has 6 heteroatoms. The van der Waals surface area contributed by atoms with Gasteiger partial charge in [-0.3, -0.25) is 4.79 Å². The third-order valence-electron chi connectivity index (χ3n) is 3.32. The number of pyridine rings is 1. The summed E-state index contributed by atoms with van der Waals surface area (Å²) < 4.78 is 10.6. The summed E-state index contributed by atoms with van der Waals surface area (Å²) in [5, 5.41) is 5.75.